The minimum Gasteiger partial charge on any atom is -0.385 e. The van der Waals surface area contributed by atoms with E-state index < -0.39 is 5.60 Å². The number of aliphatic hydroxyl groups is 1. The first-order valence-corrected chi connectivity index (χ1v) is 7.28. The van der Waals surface area contributed by atoms with Crippen molar-refractivity contribution in [3.8, 4) is 17.2 Å². The zero-order valence-electron chi connectivity index (χ0n) is 11.3. The van der Waals surface area contributed by atoms with Gasteiger partial charge in [0.1, 0.15) is 0 Å². The normalized spacial score (nSPS) is 13.5. The van der Waals surface area contributed by atoms with Gasteiger partial charge in [-0.1, -0.05) is 52.3 Å². The lowest BCUT2D eigenvalue weighted by molar-refractivity contribution is 0.0492. The van der Waals surface area contributed by atoms with Crippen molar-refractivity contribution in [1.82, 2.24) is 0 Å². The third-order valence-corrected chi connectivity index (χ3v) is 3.94. The fourth-order valence-corrected chi connectivity index (χ4v) is 2.37. The highest BCUT2D eigenvalue weighted by Crippen LogP contribution is 2.28. The Morgan fingerprint density at radius 1 is 1.05 bits per heavy atom. The van der Waals surface area contributed by atoms with E-state index in [-0.39, 0.29) is 0 Å². The summed E-state index contributed by atoms with van der Waals surface area (Å²) in [6.45, 7) is 1.75. The first-order valence-electron chi connectivity index (χ1n) is 6.49. The van der Waals surface area contributed by atoms with Gasteiger partial charge in [-0.25, -0.2) is 0 Å². The van der Waals surface area contributed by atoms with E-state index in [9.17, 15) is 5.11 Å². The average Bonchev–Trinajstić information content (AvgIpc) is 2.46. The van der Waals surface area contributed by atoms with Crippen LogP contribution in [0, 0.1) is 11.3 Å². The summed E-state index contributed by atoms with van der Waals surface area (Å²) in [7, 11) is 0. The molecule has 0 spiro atoms. The molecule has 0 saturated carbocycles. The van der Waals surface area contributed by atoms with Gasteiger partial charge >= 0.3 is 0 Å². The van der Waals surface area contributed by atoms with Gasteiger partial charge in [0.2, 0.25) is 0 Å². The molecule has 3 heteroatoms. The molecule has 102 valence electrons. The predicted octanol–water partition coefficient (Wildman–Crippen LogP) is 4.63. The molecule has 2 nitrogen and oxygen atoms in total. The Bertz CT molecular complexity index is 609. The van der Waals surface area contributed by atoms with Crippen LogP contribution >= 0.6 is 15.9 Å². The SMILES string of the molecule is CC(O)(CCC#N)c1ccc(-c2ccc(Br)cc2)cc1. The first-order chi connectivity index (χ1) is 9.53. The van der Waals surface area contributed by atoms with Crippen molar-refractivity contribution in [2.75, 3.05) is 0 Å². The molecular weight excluding hydrogens is 314 g/mol. The molecule has 0 saturated heterocycles. The highest BCUT2D eigenvalue weighted by Gasteiger charge is 2.22. The molecule has 0 aliphatic carbocycles. The fraction of sp³-hybridized carbons (Fsp3) is 0.235. The number of benzene rings is 2. The largest absolute Gasteiger partial charge is 0.385 e. The summed E-state index contributed by atoms with van der Waals surface area (Å²) in [4.78, 5) is 0. The van der Waals surface area contributed by atoms with Gasteiger partial charge in [0.15, 0.2) is 0 Å². The second kappa shape index (κ2) is 6.21. The van der Waals surface area contributed by atoms with Gasteiger partial charge in [0, 0.05) is 10.9 Å². The van der Waals surface area contributed by atoms with Crippen LogP contribution in [0.25, 0.3) is 11.1 Å². The Balaban J connectivity index is 2.22. The molecule has 0 aliphatic rings. The van der Waals surface area contributed by atoms with Crippen LogP contribution in [-0.4, -0.2) is 5.11 Å². The van der Waals surface area contributed by atoms with Crippen LogP contribution < -0.4 is 0 Å². The number of rotatable bonds is 4. The summed E-state index contributed by atoms with van der Waals surface area (Å²) < 4.78 is 1.05. The van der Waals surface area contributed by atoms with Crippen molar-refractivity contribution in [2.24, 2.45) is 0 Å². The number of hydrogen-bond donors (Lipinski definition) is 1. The van der Waals surface area contributed by atoms with Crippen LogP contribution in [-0.2, 0) is 5.60 Å². The molecule has 0 heterocycles. The van der Waals surface area contributed by atoms with E-state index in [1.165, 1.54) is 0 Å². The fourth-order valence-electron chi connectivity index (χ4n) is 2.11. The first kappa shape index (κ1) is 14.8. The molecule has 2 aromatic rings. The van der Waals surface area contributed by atoms with Crippen molar-refractivity contribution in [3.05, 3.63) is 58.6 Å². The molecule has 2 aromatic carbocycles. The Labute approximate surface area is 127 Å². The maximum atomic E-state index is 10.4. The second-order valence-corrected chi connectivity index (χ2v) is 5.93. The lowest BCUT2D eigenvalue weighted by Gasteiger charge is -2.22. The Kier molecular flexibility index (Phi) is 4.59. The van der Waals surface area contributed by atoms with Crippen molar-refractivity contribution in [2.45, 2.75) is 25.4 Å². The Hall–Kier alpha value is -1.63. The zero-order valence-corrected chi connectivity index (χ0v) is 12.9. The van der Waals surface area contributed by atoms with Crippen LogP contribution in [0.1, 0.15) is 25.3 Å². The molecule has 0 radical (unpaired) electrons. The van der Waals surface area contributed by atoms with E-state index in [4.69, 9.17) is 5.26 Å². The molecule has 0 amide bonds. The number of halogens is 1. The molecule has 1 atom stereocenters. The van der Waals surface area contributed by atoms with Gasteiger partial charge in [0.25, 0.3) is 0 Å². The smallest absolute Gasteiger partial charge is 0.0878 e. The Morgan fingerprint density at radius 3 is 2.05 bits per heavy atom. The van der Waals surface area contributed by atoms with E-state index in [1.807, 2.05) is 48.5 Å². The number of hydrogen-bond acceptors (Lipinski definition) is 2. The van der Waals surface area contributed by atoms with E-state index >= 15 is 0 Å². The average molecular weight is 330 g/mol. The van der Waals surface area contributed by atoms with Crippen molar-refractivity contribution in [3.63, 3.8) is 0 Å². The summed E-state index contributed by atoms with van der Waals surface area (Å²) >= 11 is 3.42. The third kappa shape index (κ3) is 3.47. The Morgan fingerprint density at radius 2 is 1.55 bits per heavy atom. The van der Waals surface area contributed by atoms with E-state index in [0.29, 0.717) is 12.8 Å². The van der Waals surface area contributed by atoms with Crippen molar-refractivity contribution in [1.29, 1.82) is 5.26 Å². The summed E-state index contributed by atoms with van der Waals surface area (Å²) in [5.74, 6) is 0. The highest BCUT2D eigenvalue weighted by molar-refractivity contribution is 9.10. The van der Waals surface area contributed by atoms with E-state index in [0.717, 1.165) is 21.2 Å². The summed E-state index contributed by atoms with van der Waals surface area (Å²) in [6.07, 6.45) is 0.794. The molecule has 1 N–H and O–H groups in total. The molecule has 0 aliphatic heterocycles. The van der Waals surface area contributed by atoms with Crippen LogP contribution in [0.2, 0.25) is 0 Å². The van der Waals surface area contributed by atoms with Crippen LogP contribution in [0.15, 0.2) is 53.0 Å². The second-order valence-electron chi connectivity index (χ2n) is 5.02. The van der Waals surface area contributed by atoms with Crippen LogP contribution in [0.4, 0.5) is 0 Å². The van der Waals surface area contributed by atoms with Gasteiger partial charge in [-0.2, -0.15) is 5.26 Å². The maximum absolute atomic E-state index is 10.4. The maximum Gasteiger partial charge on any atom is 0.0878 e. The van der Waals surface area contributed by atoms with Crippen LogP contribution in [0.5, 0.6) is 0 Å². The quantitative estimate of drug-likeness (QED) is 0.888. The van der Waals surface area contributed by atoms with Gasteiger partial charge in [-0.3, -0.25) is 0 Å². The molecule has 0 aromatic heterocycles. The van der Waals surface area contributed by atoms with Gasteiger partial charge in [-0.15, -0.1) is 0 Å². The topological polar surface area (TPSA) is 44.0 Å². The highest BCUT2D eigenvalue weighted by atomic mass is 79.9. The zero-order chi connectivity index (χ0) is 14.6. The summed E-state index contributed by atoms with van der Waals surface area (Å²) in [5, 5.41) is 19.0. The molecule has 0 fully saturated rings. The van der Waals surface area contributed by atoms with Crippen LogP contribution in [0.3, 0.4) is 0 Å². The number of nitrogens with zero attached hydrogens (tertiary/aromatic N) is 1. The molecule has 20 heavy (non-hydrogen) atoms. The predicted molar refractivity (Wildman–Crippen MR) is 84.0 cm³/mol. The summed E-state index contributed by atoms with van der Waals surface area (Å²) in [5.41, 5.74) is 2.14. The molecule has 0 bridgehead atoms. The molecule has 2 rings (SSSR count). The minimum atomic E-state index is -0.950. The minimum absolute atomic E-state index is 0.349. The van der Waals surface area contributed by atoms with E-state index in [1.54, 1.807) is 6.92 Å². The summed E-state index contributed by atoms with van der Waals surface area (Å²) in [6, 6.07) is 18.0. The van der Waals surface area contributed by atoms with Gasteiger partial charge in [-0.05, 0) is 42.2 Å². The van der Waals surface area contributed by atoms with Crippen molar-refractivity contribution < 1.29 is 5.11 Å². The molecular formula is C17H16BrNO. The molecule has 1 unspecified atom stereocenters. The van der Waals surface area contributed by atoms with Gasteiger partial charge < -0.3 is 5.11 Å². The van der Waals surface area contributed by atoms with Gasteiger partial charge in [0.05, 0.1) is 11.7 Å². The number of nitriles is 1. The standard InChI is InChI=1S/C17H16BrNO/c1-17(20,11-2-12-19)15-7-3-13(4-8-15)14-5-9-16(18)10-6-14/h3-10,20H,2,11H2,1H3. The monoisotopic (exact) mass is 329 g/mol. The van der Waals surface area contributed by atoms with Crippen molar-refractivity contribution >= 4 is 15.9 Å². The lowest BCUT2D eigenvalue weighted by Crippen LogP contribution is -2.20. The van der Waals surface area contributed by atoms with E-state index in [2.05, 4.69) is 22.0 Å². The lowest BCUT2D eigenvalue weighted by atomic mass is 9.90. The third-order valence-electron chi connectivity index (χ3n) is 3.41.